The van der Waals surface area contributed by atoms with Crippen molar-refractivity contribution < 1.29 is 22.7 Å². The van der Waals surface area contributed by atoms with E-state index in [-0.39, 0.29) is 17.7 Å². The number of nitrogens with two attached hydrogens (primary N) is 1. The van der Waals surface area contributed by atoms with Crippen LogP contribution in [0.2, 0.25) is 0 Å². The first-order valence-corrected chi connectivity index (χ1v) is 6.18. The Labute approximate surface area is 114 Å². The lowest BCUT2D eigenvalue weighted by molar-refractivity contribution is -0.138. The molecular weight excluding hydrogens is 273 g/mol. The minimum atomic E-state index is -4.51. The van der Waals surface area contributed by atoms with Crippen LogP contribution in [0, 0.1) is 0 Å². The number of hydrogen-bond donors (Lipinski definition) is 1. The molecule has 20 heavy (non-hydrogen) atoms. The lowest BCUT2D eigenvalue weighted by Crippen LogP contribution is -2.36. The molecule has 1 aromatic rings. The summed E-state index contributed by atoms with van der Waals surface area (Å²) >= 11 is 0. The van der Waals surface area contributed by atoms with E-state index in [1.807, 2.05) is 4.90 Å². The molecule has 0 aliphatic carbocycles. The summed E-state index contributed by atoms with van der Waals surface area (Å²) in [7, 11) is 0. The third kappa shape index (κ3) is 3.49. The van der Waals surface area contributed by atoms with Crippen LogP contribution in [0.15, 0.2) is 18.2 Å². The number of rotatable bonds is 3. The number of benzene rings is 1. The second-order valence-electron chi connectivity index (χ2n) is 4.62. The van der Waals surface area contributed by atoms with E-state index in [1.54, 1.807) is 0 Å². The Morgan fingerprint density at radius 2 is 1.95 bits per heavy atom. The van der Waals surface area contributed by atoms with Gasteiger partial charge in [0.15, 0.2) is 0 Å². The van der Waals surface area contributed by atoms with Crippen molar-refractivity contribution in [3.63, 3.8) is 0 Å². The molecule has 4 nitrogen and oxygen atoms in total. The van der Waals surface area contributed by atoms with Crippen LogP contribution in [0.25, 0.3) is 0 Å². The van der Waals surface area contributed by atoms with Crippen molar-refractivity contribution in [1.29, 1.82) is 0 Å². The van der Waals surface area contributed by atoms with Crippen molar-refractivity contribution in [3.8, 4) is 0 Å². The molecule has 0 spiro atoms. The number of alkyl halides is 3. The van der Waals surface area contributed by atoms with E-state index in [2.05, 4.69) is 0 Å². The normalized spacial score (nSPS) is 17.1. The van der Waals surface area contributed by atoms with Gasteiger partial charge in [-0.1, -0.05) is 6.07 Å². The predicted octanol–water partition coefficient (Wildman–Crippen LogP) is 1.64. The van der Waals surface area contributed by atoms with Gasteiger partial charge in [-0.15, -0.1) is 0 Å². The van der Waals surface area contributed by atoms with Crippen molar-refractivity contribution in [2.45, 2.75) is 12.7 Å². The highest BCUT2D eigenvalue weighted by atomic mass is 19.4. The summed E-state index contributed by atoms with van der Waals surface area (Å²) in [6.07, 6.45) is -4.51. The van der Waals surface area contributed by atoms with Crippen LogP contribution in [0.1, 0.15) is 21.5 Å². The van der Waals surface area contributed by atoms with E-state index in [4.69, 9.17) is 10.5 Å². The molecule has 1 fully saturated rings. The van der Waals surface area contributed by atoms with E-state index in [0.29, 0.717) is 26.3 Å². The van der Waals surface area contributed by atoms with Crippen LogP contribution >= 0.6 is 0 Å². The highest BCUT2D eigenvalue weighted by Crippen LogP contribution is 2.33. The number of carbonyl (C=O) groups excluding carboxylic acids is 1. The molecular formula is C13H15F3N2O2. The lowest BCUT2D eigenvalue weighted by Gasteiger charge is -2.27. The van der Waals surface area contributed by atoms with Gasteiger partial charge in [-0.3, -0.25) is 9.69 Å². The average molecular weight is 288 g/mol. The van der Waals surface area contributed by atoms with Gasteiger partial charge in [0, 0.05) is 25.2 Å². The van der Waals surface area contributed by atoms with Gasteiger partial charge in [0.05, 0.1) is 18.8 Å². The highest BCUT2D eigenvalue weighted by Gasteiger charge is 2.34. The third-order valence-corrected chi connectivity index (χ3v) is 3.20. The third-order valence-electron chi connectivity index (χ3n) is 3.20. The van der Waals surface area contributed by atoms with Gasteiger partial charge in [-0.05, 0) is 17.7 Å². The van der Waals surface area contributed by atoms with Gasteiger partial charge < -0.3 is 10.5 Å². The zero-order valence-corrected chi connectivity index (χ0v) is 10.7. The highest BCUT2D eigenvalue weighted by molar-refractivity contribution is 5.93. The minimum Gasteiger partial charge on any atom is -0.379 e. The Morgan fingerprint density at radius 3 is 2.50 bits per heavy atom. The molecule has 1 aromatic carbocycles. The largest absolute Gasteiger partial charge is 0.416 e. The number of morpholine rings is 1. The summed E-state index contributed by atoms with van der Waals surface area (Å²) in [6.45, 7) is 2.39. The summed E-state index contributed by atoms with van der Waals surface area (Å²) < 4.78 is 44.3. The van der Waals surface area contributed by atoms with Crippen LogP contribution in [-0.2, 0) is 17.5 Å². The fraction of sp³-hybridized carbons (Fsp3) is 0.462. The maximum atomic E-state index is 13.1. The van der Waals surface area contributed by atoms with Crippen LogP contribution in [0.5, 0.6) is 0 Å². The molecule has 1 amide bonds. The number of carbonyl (C=O) groups is 1. The smallest absolute Gasteiger partial charge is 0.379 e. The Hall–Kier alpha value is -1.60. The summed E-state index contributed by atoms with van der Waals surface area (Å²) in [6, 6.07) is 3.46. The van der Waals surface area contributed by atoms with Crippen LogP contribution < -0.4 is 5.73 Å². The molecule has 1 saturated heterocycles. The monoisotopic (exact) mass is 288 g/mol. The van der Waals surface area contributed by atoms with Crippen LogP contribution in [0.3, 0.4) is 0 Å². The second-order valence-corrected chi connectivity index (χ2v) is 4.62. The molecule has 0 aromatic heterocycles. The average Bonchev–Trinajstić information content (AvgIpc) is 2.39. The fourth-order valence-electron chi connectivity index (χ4n) is 2.13. The maximum Gasteiger partial charge on any atom is 0.416 e. The van der Waals surface area contributed by atoms with Crippen molar-refractivity contribution >= 4 is 5.91 Å². The molecule has 1 aliphatic rings. The van der Waals surface area contributed by atoms with E-state index >= 15 is 0 Å². The van der Waals surface area contributed by atoms with Gasteiger partial charge in [0.2, 0.25) is 5.91 Å². The SMILES string of the molecule is NC(=O)c1ccc(CN2CCOCC2)c(C(F)(F)F)c1. The van der Waals surface area contributed by atoms with Gasteiger partial charge in [-0.2, -0.15) is 13.2 Å². The number of nitrogens with zero attached hydrogens (tertiary/aromatic N) is 1. The number of halogens is 3. The quantitative estimate of drug-likeness (QED) is 0.920. The van der Waals surface area contributed by atoms with Crippen molar-refractivity contribution in [2.24, 2.45) is 5.73 Å². The Bertz CT molecular complexity index is 497. The topological polar surface area (TPSA) is 55.6 Å². The van der Waals surface area contributed by atoms with Crippen molar-refractivity contribution in [1.82, 2.24) is 4.90 Å². The summed E-state index contributed by atoms with van der Waals surface area (Å²) in [5.74, 6) is -0.867. The molecule has 0 unspecified atom stereocenters. The minimum absolute atomic E-state index is 0.136. The number of hydrogen-bond acceptors (Lipinski definition) is 3. The molecule has 1 heterocycles. The molecule has 0 radical (unpaired) electrons. The summed E-state index contributed by atoms with van der Waals surface area (Å²) in [5, 5.41) is 0. The van der Waals surface area contributed by atoms with Gasteiger partial charge in [-0.25, -0.2) is 0 Å². The van der Waals surface area contributed by atoms with Crippen LogP contribution in [-0.4, -0.2) is 37.1 Å². The standard InChI is InChI=1S/C13H15F3N2O2/c14-13(15,16)11-7-9(12(17)19)1-2-10(11)8-18-3-5-20-6-4-18/h1-2,7H,3-6,8H2,(H2,17,19). The first-order chi connectivity index (χ1) is 9.38. The van der Waals surface area contributed by atoms with E-state index in [0.717, 1.165) is 6.07 Å². The number of ether oxygens (including phenoxy) is 1. The molecule has 1 aliphatic heterocycles. The van der Waals surface area contributed by atoms with E-state index in [9.17, 15) is 18.0 Å². The molecule has 0 atom stereocenters. The second kappa shape index (κ2) is 5.80. The molecule has 7 heteroatoms. The first kappa shape index (κ1) is 14.8. The van der Waals surface area contributed by atoms with Gasteiger partial charge in [0.25, 0.3) is 0 Å². The zero-order chi connectivity index (χ0) is 14.8. The molecule has 2 N–H and O–H groups in total. The summed E-state index contributed by atoms with van der Waals surface area (Å²) in [4.78, 5) is 12.9. The van der Waals surface area contributed by atoms with Crippen molar-refractivity contribution in [3.05, 3.63) is 34.9 Å². The lowest BCUT2D eigenvalue weighted by atomic mass is 10.0. The molecule has 110 valence electrons. The van der Waals surface area contributed by atoms with Gasteiger partial charge in [0.1, 0.15) is 0 Å². The zero-order valence-electron chi connectivity index (χ0n) is 10.7. The molecule has 2 rings (SSSR count). The van der Waals surface area contributed by atoms with E-state index < -0.39 is 17.6 Å². The number of amides is 1. The predicted molar refractivity (Wildman–Crippen MR) is 66.1 cm³/mol. The molecule has 0 bridgehead atoms. The first-order valence-electron chi connectivity index (χ1n) is 6.18. The van der Waals surface area contributed by atoms with Crippen molar-refractivity contribution in [2.75, 3.05) is 26.3 Å². The Kier molecular flexibility index (Phi) is 4.29. The molecule has 0 saturated carbocycles. The van der Waals surface area contributed by atoms with E-state index in [1.165, 1.54) is 12.1 Å². The van der Waals surface area contributed by atoms with Gasteiger partial charge >= 0.3 is 6.18 Å². The maximum absolute atomic E-state index is 13.1. The van der Waals surface area contributed by atoms with Crippen LogP contribution in [0.4, 0.5) is 13.2 Å². The fourth-order valence-corrected chi connectivity index (χ4v) is 2.13. The Balaban J connectivity index is 2.28. The Morgan fingerprint density at radius 1 is 1.30 bits per heavy atom. The number of primary amides is 1. The summed E-state index contributed by atoms with van der Waals surface area (Å²) in [5.41, 5.74) is 4.23.